The summed E-state index contributed by atoms with van der Waals surface area (Å²) in [7, 11) is 0. The molecule has 1 heterocycles. The Hall–Kier alpha value is -2.36. The van der Waals surface area contributed by atoms with Gasteiger partial charge in [0.2, 0.25) is 6.20 Å². The fraction of sp³-hybridized carbons (Fsp3) is 0.0769. The minimum Gasteiger partial charge on any atom is -0.457 e. The molecule has 86 valence electrons. The number of hydrogen-bond donors (Lipinski definition) is 0. The van der Waals surface area contributed by atoms with E-state index < -0.39 is 4.92 Å². The monoisotopic (exact) mass is 229 g/mol. The third kappa shape index (κ3) is 2.81. The van der Waals surface area contributed by atoms with Crippen LogP contribution in [0.2, 0.25) is 0 Å². The van der Waals surface area contributed by atoms with Gasteiger partial charge in [-0.15, -0.1) is 0 Å². The normalized spacial score (nSPS) is 10.9. The third-order valence-corrected chi connectivity index (χ3v) is 2.32. The van der Waals surface area contributed by atoms with E-state index in [9.17, 15) is 10.1 Å². The highest BCUT2D eigenvalue weighted by Crippen LogP contribution is 2.23. The van der Waals surface area contributed by atoms with Gasteiger partial charge in [-0.3, -0.25) is 10.1 Å². The first kappa shape index (κ1) is 11.1. The van der Waals surface area contributed by atoms with Crippen LogP contribution >= 0.6 is 0 Å². The Morgan fingerprint density at radius 1 is 1.18 bits per heavy atom. The Labute approximate surface area is 98.3 Å². The molecule has 17 heavy (non-hydrogen) atoms. The Bertz CT molecular complexity index is 552. The van der Waals surface area contributed by atoms with Crippen LogP contribution in [0, 0.1) is 17.0 Å². The average molecular weight is 229 g/mol. The Kier molecular flexibility index (Phi) is 3.05. The molecule has 0 unspecified atom stereocenters. The summed E-state index contributed by atoms with van der Waals surface area (Å²) in [6.45, 7) is 2.01. The van der Waals surface area contributed by atoms with Crippen molar-refractivity contribution >= 4 is 6.08 Å². The lowest BCUT2D eigenvalue weighted by atomic mass is 10.1. The number of nitro groups is 1. The van der Waals surface area contributed by atoms with Crippen LogP contribution in [-0.4, -0.2) is 4.92 Å². The van der Waals surface area contributed by atoms with Crippen LogP contribution in [0.15, 0.2) is 47.0 Å². The maximum Gasteiger partial charge on any atom is 0.238 e. The van der Waals surface area contributed by atoms with Crippen molar-refractivity contribution in [2.45, 2.75) is 6.92 Å². The van der Waals surface area contributed by atoms with E-state index in [2.05, 4.69) is 0 Å². The molecule has 0 bridgehead atoms. The van der Waals surface area contributed by atoms with Gasteiger partial charge in [-0.1, -0.05) is 29.8 Å². The van der Waals surface area contributed by atoms with Crippen molar-refractivity contribution in [3.63, 3.8) is 0 Å². The van der Waals surface area contributed by atoms with E-state index >= 15 is 0 Å². The minimum absolute atomic E-state index is 0.470. The lowest BCUT2D eigenvalue weighted by Gasteiger charge is -1.96. The first-order valence-corrected chi connectivity index (χ1v) is 5.14. The molecule has 0 aliphatic carbocycles. The highest BCUT2D eigenvalue weighted by molar-refractivity contribution is 5.59. The molecule has 4 nitrogen and oxygen atoms in total. The summed E-state index contributed by atoms with van der Waals surface area (Å²) in [5.74, 6) is 1.17. The van der Waals surface area contributed by atoms with Crippen molar-refractivity contribution in [2.75, 3.05) is 0 Å². The molecule has 0 aliphatic rings. The van der Waals surface area contributed by atoms with Crippen molar-refractivity contribution in [1.82, 2.24) is 0 Å². The second-order valence-electron chi connectivity index (χ2n) is 3.67. The zero-order valence-electron chi connectivity index (χ0n) is 9.29. The van der Waals surface area contributed by atoms with E-state index in [-0.39, 0.29) is 0 Å². The molecule has 0 saturated heterocycles. The van der Waals surface area contributed by atoms with Gasteiger partial charge in [0.15, 0.2) is 0 Å². The average Bonchev–Trinajstić information content (AvgIpc) is 2.76. The topological polar surface area (TPSA) is 56.3 Å². The minimum atomic E-state index is -0.520. The summed E-state index contributed by atoms with van der Waals surface area (Å²) in [4.78, 5) is 9.64. The molecule has 4 heteroatoms. The lowest BCUT2D eigenvalue weighted by Crippen LogP contribution is -1.81. The van der Waals surface area contributed by atoms with Gasteiger partial charge >= 0.3 is 0 Å². The van der Waals surface area contributed by atoms with E-state index in [1.54, 1.807) is 12.1 Å². The van der Waals surface area contributed by atoms with Gasteiger partial charge in [0.1, 0.15) is 11.5 Å². The first-order chi connectivity index (χ1) is 8.15. The summed E-state index contributed by atoms with van der Waals surface area (Å²) >= 11 is 0. The molecular weight excluding hydrogens is 218 g/mol. The maximum atomic E-state index is 10.2. The van der Waals surface area contributed by atoms with Crippen LogP contribution < -0.4 is 0 Å². The molecule has 0 atom stereocenters. The summed E-state index contributed by atoms with van der Waals surface area (Å²) in [5.41, 5.74) is 2.13. The predicted molar refractivity (Wildman–Crippen MR) is 64.9 cm³/mol. The van der Waals surface area contributed by atoms with Crippen LogP contribution in [0.1, 0.15) is 11.3 Å². The second kappa shape index (κ2) is 4.65. The molecule has 0 radical (unpaired) electrons. The van der Waals surface area contributed by atoms with E-state index in [1.807, 2.05) is 31.2 Å². The zero-order chi connectivity index (χ0) is 12.3. The van der Waals surface area contributed by atoms with E-state index in [0.29, 0.717) is 11.5 Å². The van der Waals surface area contributed by atoms with Crippen LogP contribution in [0.5, 0.6) is 0 Å². The first-order valence-electron chi connectivity index (χ1n) is 5.14. The molecule has 0 spiro atoms. The van der Waals surface area contributed by atoms with E-state index in [4.69, 9.17) is 4.42 Å². The summed E-state index contributed by atoms with van der Waals surface area (Å²) < 4.78 is 5.47. The van der Waals surface area contributed by atoms with Crippen molar-refractivity contribution in [1.29, 1.82) is 0 Å². The van der Waals surface area contributed by atoms with E-state index in [0.717, 1.165) is 11.8 Å². The Balaban J connectivity index is 2.23. The molecule has 2 rings (SSSR count). The fourth-order valence-corrected chi connectivity index (χ4v) is 1.45. The number of nitrogens with zero attached hydrogens (tertiary/aromatic N) is 1. The highest BCUT2D eigenvalue weighted by Gasteiger charge is 2.03. The lowest BCUT2D eigenvalue weighted by molar-refractivity contribution is -0.401. The molecule has 0 N–H and O–H groups in total. The van der Waals surface area contributed by atoms with Crippen LogP contribution in [0.3, 0.4) is 0 Å². The van der Waals surface area contributed by atoms with Crippen molar-refractivity contribution < 1.29 is 9.34 Å². The van der Waals surface area contributed by atoms with Gasteiger partial charge in [-0.2, -0.15) is 0 Å². The van der Waals surface area contributed by atoms with Gasteiger partial charge in [0.25, 0.3) is 0 Å². The number of aryl methyl sites for hydroxylation is 1. The third-order valence-electron chi connectivity index (χ3n) is 2.32. The van der Waals surface area contributed by atoms with Crippen molar-refractivity contribution in [3.05, 3.63) is 64.0 Å². The summed E-state index contributed by atoms with van der Waals surface area (Å²) in [6.07, 6.45) is 2.19. The van der Waals surface area contributed by atoms with Gasteiger partial charge < -0.3 is 4.42 Å². The molecule has 2 aromatic rings. The van der Waals surface area contributed by atoms with Crippen LogP contribution in [0.25, 0.3) is 17.4 Å². The molecule has 0 aliphatic heterocycles. The fourth-order valence-electron chi connectivity index (χ4n) is 1.45. The predicted octanol–water partition coefficient (Wildman–Crippen LogP) is 3.50. The Morgan fingerprint density at radius 2 is 1.88 bits per heavy atom. The molecule has 0 fully saturated rings. The SMILES string of the molecule is Cc1ccc(-c2ccc(/C=C/[N+](=O)[O-])o2)cc1. The summed E-state index contributed by atoms with van der Waals surface area (Å²) in [6, 6.07) is 11.4. The summed E-state index contributed by atoms with van der Waals surface area (Å²) in [5, 5.41) is 10.2. The van der Waals surface area contributed by atoms with Crippen LogP contribution in [0.4, 0.5) is 0 Å². The second-order valence-corrected chi connectivity index (χ2v) is 3.67. The van der Waals surface area contributed by atoms with Crippen molar-refractivity contribution in [2.24, 2.45) is 0 Å². The number of benzene rings is 1. The van der Waals surface area contributed by atoms with E-state index in [1.165, 1.54) is 11.6 Å². The molecule has 1 aromatic heterocycles. The molecule has 0 amide bonds. The smallest absolute Gasteiger partial charge is 0.238 e. The largest absolute Gasteiger partial charge is 0.457 e. The molecule has 1 aromatic carbocycles. The van der Waals surface area contributed by atoms with Gasteiger partial charge in [-0.05, 0) is 19.1 Å². The number of rotatable bonds is 3. The van der Waals surface area contributed by atoms with Gasteiger partial charge in [0.05, 0.1) is 11.0 Å². The standard InChI is InChI=1S/C13H11NO3/c1-10-2-4-11(5-3-10)13-7-6-12(17-13)8-9-14(15)16/h2-9H,1H3/b9-8+. The van der Waals surface area contributed by atoms with Crippen LogP contribution in [-0.2, 0) is 0 Å². The number of furan rings is 1. The zero-order valence-corrected chi connectivity index (χ0v) is 9.29. The quantitative estimate of drug-likeness (QED) is 0.597. The molecular formula is C13H11NO3. The Morgan fingerprint density at radius 3 is 2.53 bits per heavy atom. The van der Waals surface area contributed by atoms with Crippen molar-refractivity contribution in [3.8, 4) is 11.3 Å². The van der Waals surface area contributed by atoms with Gasteiger partial charge in [-0.25, -0.2) is 0 Å². The highest BCUT2D eigenvalue weighted by atomic mass is 16.6. The number of hydrogen-bond acceptors (Lipinski definition) is 3. The maximum absolute atomic E-state index is 10.2. The molecule has 0 saturated carbocycles. The van der Waals surface area contributed by atoms with Gasteiger partial charge in [0, 0.05) is 5.56 Å².